The SMILES string of the molecule is Cc1cccc(CC2CCNCC2)n1.Cl. The number of aromatic nitrogens is 1. The van der Waals surface area contributed by atoms with E-state index in [9.17, 15) is 0 Å². The summed E-state index contributed by atoms with van der Waals surface area (Å²) in [4.78, 5) is 4.55. The van der Waals surface area contributed by atoms with Crippen molar-refractivity contribution in [2.75, 3.05) is 13.1 Å². The molecule has 1 aliphatic heterocycles. The molecular weight excluding hydrogens is 208 g/mol. The number of rotatable bonds is 2. The molecule has 15 heavy (non-hydrogen) atoms. The lowest BCUT2D eigenvalue weighted by atomic mass is 9.93. The Morgan fingerprint density at radius 1 is 1.33 bits per heavy atom. The van der Waals surface area contributed by atoms with Gasteiger partial charge in [0.05, 0.1) is 0 Å². The minimum atomic E-state index is 0. The molecule has 3 heteroatoms. The fourth-order valence-electron chi connectivity index (χ4n) is 2.09. The molecule has 0 spiro atoms. The van der Waals surface area contributed by atoms with E-state index < -0.39 is 0 Å². The summed E-state index contributed by atoms with van der Waals surface area (Å²) in [7, 11) is 0. The van der Waals surface area contributed by atoms with Crippen LogP contribution in [-0.4, -0.2) is 18.1 Å². The van der Waals surface area contributed by atoms with Gasteiger partial charge in [0.1, 0.15) is 0 Å². The van der Waals surface area contributed by atoms with Gasteiger partial charge in [-0.15, -0.1) is 12.4 Å². The first kappa shape index (κ1) is 12.5. The molecule has 0 aliphatic carbocycles. The van der Waals surface area contributed by atoms with Crippen molar-refractivity contribution in [1.29, 1.82) is 0 Å². The second kappa shape index (κ2) is 6.09. The molecule has 2 rings (SSSR count). The van der Waals surface area contributed by atoms with Crippen molar-refractivity contribution in [1.82, 2.24) is 10.3 Å². The first-order valence-corrected chi connectivity index (χ1v) is 5.48. The zero-order valence-electron chi connectivity index (χ0n) is 9.20. The van der Waals surface area contributed by atoms with Crippen LogP contribution in [0.5, 0.6) is 0 Å². The maximum Gasteiger partial charge on any atom is 0.0409 e. The van der Waals surface area contributed by atoms with Gasteiger partial charge in [0, 0.05) is 11.4 Å². The van der Waals surface area contributed by atoms with Gasteiger partial charge in [-0.2, -0.15) is 0 Å². The van der Waals surface area contributed by atoms with Gasteiger partial charge in [-0.3, -0.25) is 4.98 Å². The van der Waals surface area contributed by atoms with Crippen LogP contribution in [0.1, 0.15) is 24.2 Å². The van der Waals surface area contributed by atoms with Crippen LogP contribution in [0, 0.1) is 12.8 Å². The minimum Gasteiger partial charge on any atom is -0.317 e. The lowest BCUT2D eigenvalue weighted by Crippen LogP contribution is -2.28. The number of piperidine rings is 1. The predicted molar refractivity (Wildman–Crippen MR) is 65.5 cm³/mol. The van der Waals surface area contributed by atoms with Crippen molar-refractivity contribution in [3.8, 4) is 0 Å². The molecule has 0 unspecified atom stereocenters. The van der Waals surface area contributed by atoms with Crippen molar-refractivity contribution in [2.45, 2.75) is 26.2 Å². The number of hydrogen-bond donors (Lipinski definition) is 1. The maximum atomic E-state index is 4.55. The molecule has 1 saturated heterocycles. The molecule has 1 aromatic heterocycles. The summed E-state index contributed by atoms with van der Waals surface area (Å²) in [5.74, 6) is 0.838. The smallest absolute Gasteiger partial charge is 0.0409 e. The van der Waals surface area contributed by atoms with Gasteiger partial charge < -0.3 is 5.32 Å². The Bertz CT molecular complexity index is 295. The summed E-state index contributed by atoms with van der Waals surface area (Å²) in [6.07, 6.45) is 3.76. The van der Waals surface area contributed by atoms with E-state index in [0.29, 0.717) is 0 Å². The average molecular weight is 227 g/mol. The van der Waals surface area contributed by atoms with Crippen LogP contribution >= 0.6 is 12.4 Å². The van der Waals surface area contributed by atoms with Gasteiger partial charge in [-0.1, -0.05) is 6.07 Å². The Labute approximate surface area is 97.9 Å². The number of hydrogen-bond acceptors (Lipinski definition) is 2. The molecule has 0 amide bonds. The molecule has 1 aliphatic rings. The summed E-state index contributed by atoms with van der Waals surface area (Å²) < 4.78 is 0. The standard InChI is InChI=1S/C12H18N2.ClH/c1-10-3-2-4-12(14-10)9-11-5-7-13-8-6-11;/h2-4,11,13H,5-9H2,1H3;1H. The predicted octanol–water partition coefficient (Wildman–Crippen LogP) is 2.35. The van der Waals surface area contributed by atoms with E-state index in [1.165, 1.54) is 31.6 Å². The molecule has 2 nitrogen and oxygen atoms in total. The zero-order chi connectivity index (χ0) is 9.80. The fraction of sp³-hybridized carbons (Fsp3) is 0.583. The molecule has 0 atom stereocenters. The Hall–Kier alpha value is -0.600. The molecule has 1 fully saturated rings. The zero-order valence-corrected chi connectivity index (χ0v) is 10.0. The topological polar surface area (TPSA) is 24.9 Å². The first-order chi connectivity index (χ1) is 6.84. The highest BCUT2D eigenvalue weighted by molar-refractivity contribution is 5.85. The quantitative estimate of drug-likeness (QED) is 0.838. The average Bonchev–Trinajstić information content (AvgIpc) is 2.19. The molecule has 1 N–H and O–H groups in total. The van der Waals surface area contributed by atoms with Crippen molar-refractivity contribution in [2.24, 2.45) is 5.92 Å². The normalized spacial score (nSPS) is 17.1. The monoisotopic (exact) mass is 226 g/mol. The minimum absolute atomic E-state index is 0. The lowest BCUT2D eigenvalue weighted by molar-refractivity contribution is 0.370. The van der Waals surface area contributed by atoms with Crippen LogP contribution in [0.15, 0.2) is 18.2 Å². The van der Waals surface area contributed by atoms with Crippen LogP contribution in [0.3, 0.4) is 0 Å². The summed E-state index contributed by atoms with van der Waals surface area (Å²) in [5.41, 5.74) is 2.40. The summed E-state index contributed by atoms with van der Waals surface area (Å²) in [5, 5.41) is 3.39. The van der Waals surface area contributed by atoms with E-state index in [1.807, 2.05) is 0 Å². The van der Waals surface area contributed by atoms with E-state index in [0.717, 1.165) is 18.0 Å². The second-order valence-corrected chi connectivity index (χ2v) is 4.17. The Morgan fingerprint density at radius 3 is 2.73 bits per heavy atom. The molecule has 0 bridgehead atoms. The second-order valence-electron chi connectivity index (χ2n) is 4.17. The van der Waals surface area contributed by atoms with E-state index in [2.05, 4.69) is 35.4 Å². The first-order valence-electron chi connectivity index (χ1n) is 5.48. The van der Waals surface area contributed by atoms with Gasteiger partial charge in [0.2, 0.25) is 0 Å². The van der Waals surface area contributed by atoms with Crippen LogP contribution in [0.2, 0.25) is 0 Å². The molecular formula is C12H19ClN2. The van der Waals surface area contributed by atoms with Crippen LogP contribution in [0.4, 0.5) is 0 Å². The van der Waals surface area contributed by atoms with E-state index in [4.69, 9.17) is 0 Å². The largest absolute Gasteiger partial charge is 0.317 e. The van der Waals surface area contributed by atoms with E-state index in [-0.39, 0.29) is 12.4 Å². The summed E-state index contributed by atoms with van der Waals surface area (Å²) in [6, 6.07) is 6.32. The highest BCUT2D eigenvalue weighted by Crippen LogP contribution is 2.16. The summed E-state index contributed by atoms with van der Waals surface area (Å²) in [6.45, 7) is 4.42. The number of aryl methyl sites for hydroxylation is 1. The molecule has 84 valence electrons. The molecule has 0 saturated carbocycles. The van der Waals surface area contributed by atoms with Gasteiger partial charge in [0.25, 0.3) is 0 Å². The van der Waals surface area contributed by atoms with Crippen molar-refractivity contribution < 1.29 is 0 Å². The third-order valence-corrected chi connectivity index (χ3v) is 2.90. The Kier molecular flexibility index (Phi) is 5.06. The lowest BCUT2D eigenvalue weighted by Gasteiger charge is -2.22. The molecule has 0 aromatic carbocycles. The van der Waals surface area contributed by atoms with Crippen molar-refractivity contribution >= 4 is 12.4 Å². The molecule has 1 aromatic rings. The number of nitrogens with zero attached hydrogens (tertiary/aromatic N) is 1. The third-order valence-electron chi connectivity index (χ3n) is 2.90. The van der Waals surface area contributed by atoms with Crippen molar-refractivity contribution in [3.63, 3.8) is 0 Å². The summed E-state index contributed by atoms with van der Waals surface area (Å²) >= 11 is 0. The molecule has 0 radical (unpaired) electrons. The van der Waals surface area contributed by atoms with Gasteiger partial charge in [-0.05, 0) is 57.3 Å². The number of pyridine rings is 1. The highest BCUT2D eigenvalue weighted by Gasteiger charge is 2.13. The number of nitrogens with one attached hydrogen (secondary N) is 1. The number of halogens is 1. The fourth-order valence-corrected chi connectivity index (χ4v) is 2.09. The maximum absolute atomic E-state index is 4.55. The van der Waals surface area contributed by atoms with Crippen LogP contribution < -0.4 is 5.32 Å². The van der Waals surface area contributed by atoms with Crippen LogP contribution in [0.25, 0.3) is 0 Å². The Balaban J connectivity index is 0.00000112. The van der Waals surface area contributed by atoms with Gasteiger partial charge in [0.15, 0.2) is 0 Å². The Morgan fingerprint density at radius 2 is 2.07 bits per heavy atom. The molecule has 2 heterocycles. The van der Waals surface area contributed by atoms with E-state index >= 15 is 0 Å². The van der Waals surface area contributed by atoms with Gasteiger partial charge in [-0.25, -0.2) is 0 Å². The third kappa shape index (κ3) is 3.80. The highest BCUT2D eigenvalue weighted by atomic mass is 35.5. The van der Waals surface area contributed by atoms with Crippen molar-refractivity contribution in [3.05, 3.63) is 29.6 Å². The van der Waals surface area contributed by atoms with Gasteiger partial charge >= 0.3 is 0 Å². The van der Waals surface area contributed by atoms with Crippen LogP contribution in [-0.2, 0) is 6.42 Å². The van der Waals surface area contributed by atoms with E-state index in [1.54, 1.807) is 0 Å².